The molecule has 2 aromatic rings. The molecule has 0 spiro atoms. The lowest BCUT2D eigenvalue weighted by atomic mass is 9.94. The van der Waals surface area contributed by atoms with E-state index in [2.05, 4.69) is 21.7 Å². The van der Waals surface area contributed by atoms with E-state index >= 15 is 0 Å². The summed E-state index contributed by atoms with van der Waals surface area (Å²) in [5.41, 5.74) is 8.79. The molecule has 1 aromatic carbocycles. The number of hydrogen-bond donors (Lipinski definition) is 1. The normalized spacial score (nSPS) is 29.8. The quantitative estimate of drug-likeness (QED) is 0.927. The number of nitrogens with zero attached hydrogens (tertiary/aromatic N) is 2. The number of fused-ring (bicyclic) bond motifs is 2. The topological polar surface area (TPSA) is 43.8 Å². The van der Waals surface area contributed by atoms with Crippen LogP contribution in [0.1, 0.15) is 49.0 Å². The van der Waals surface area contributed by atoms with Crippen LogP contribution in [0.2, 0.25) is 0 Å². The van der Waals surface area contributed by atoms with E-state index in [9.17, 15) is 0 Å². The third-order valence-corrected chi connectivity index (χ3v) is 5.23. The number of imidazole rings is 1. The van der Waals surface area contributed by atoms with E-state index in [-0.39, 0.29) is 6.04 Å². The monoisotopic (exact) mass is 267 g/mol. The smallest absolute Gasteiger partial charge is 0.0951 e. The Hall–Kier alpha value is -1.61. The minimum atomic E-state index is -0.0715. The van der Waals surface area contributed by atoms with E-state index in [1.807, 2.05) is 30.7 Å². The summed E-state index contributed by atoms with van der Waals surface area (Å²) in [4.78, 5) is 4.38. The van der Waals surface area contributed by atoms with Gasteiger partial charge in [-0.05, 0) is 36.7 Å². The molecule has 2 saturated carbocycles. The third kappa shape index (κ3) is 1.88. The van der Waals surface area contributed by atoms with Crippen LogP contribution >= 0.6 is 0 Å². The largest absolute Gasteiger partial charge is 0.329 e. The Bertz CT molecular complexity index is 589. The summed E-state index contributed by atoms with van der Waals surface area (Å²) in [6.45, 7) is 0. The summed E-state index contributed by atoms with van der Waals surface area (Å²) in [5.74, 6) is 1.78. The summed E-state index contributed by atoms with van der Waals surface area (Å²) in [5, 5.41) is 0. The Balaban J connectivity index is 1.65. The second-order valence-electron chi connectivity index (χ2n) is 6.36. The molecule has 0 saturated heterocycles. The summed E-state index contributed by atoms with van der Waals surface area (Å²) in [7, 11) is 0. The van der Waals surface area contributed by atoms with Crippen molar-refractivity contribution in [1.29, 1.82) is 0 Å². The highest BCUT2D eigenvalue weighted by molar-refractivity contribution is 5.27. The van der Waals surface area contributed by atoms with Crippen LogP contribution in [0.25, 0.3) is 0 Å². The lowest BCUT2D eigenvalue weighted by molar-refractivity contribution is 0.321. The van der Waals surface area contributed by atoms with Crippen LogP contribution in [-0.4, -0.2) is 9.55 Å². The molecule has 3 nitrogen and oxygen atoms in total. The Morgan fingerprint density at radius 1 is 1.15 bits per heavy atom. The van der Waals surface area contributed by atoms with Gasteiger partial charge in [-0.3, -0.25) is 0 Å². The molecule has 0 amide bonds. The van der Waals surface area contributed by atoms with Gasteiger partial charge in [0.2, 0.25) is 0 Å². The van der Waals surface area contributed by atoms with Gasteiger partial charge in [0, 0.05) is 6.04 Å². The lowest BCUT2D eigenvalue weighted by Gasteiger charge is -2.26. The first kappa shape index (κ1) is 12.2. The van der Waals surface area contributed by atoms with E-state index in [1.165, 1.54) is 25.7 Å². The molecule has 2 aliphatic rings. The minimum absolute atomic E-state index is 0.0715. The average molecular weight is 267 g/mol. The molecule has 0 radical (unpaired) electrons. The Morgan fingerprint density at radius 2 is 2.00 bits per heavy atom. The van der Waals surface area contributed by atoms with E-state index in [1.54, 1.807) is 0 Å². The molecule has 0 aliphatic heterocycles. The molecular formula is C17H21N3. The SMILES string of the molecule is NC(c1ccccc1)c1cncn1C1CC2CCC1C2. The zero-order valence-electron chi connectivity index (χ0n) is 11.7. The van der Waals surface area contributed by atoms with Crippen molar-refractivity contribution in [3.05, 3.63) is 54.1 Å². The first-order valence-electron chi connectivity index (χ1n) is 7.65. The molecule has 3 heteroatoms. The number of benzene rings is 1. The van der Waals surface area contributed by atoms with Crippen molar-refractivity contribution in [2.45, 2.75) is 37.8 Å². The number of hydrogen-bond acceptors (Lipinski definition) is 2. The number of aromatic nitrogens is 2. The standard InChI is InChI=1S/C17H21N3/c18-17(13-4-2-1-3-5-13)16-10-19-11-20(16)15-9-12-6-7-14(15)8-12/h1-5,10-12,14-15,17H,6-9,18H2. The highest BCUT2D eigenvalue weighted by Gasteiger charge is 2.41. The zero-order chi connectivity index (χ0) is 13.5. The van der Waals surface area contributed by atoms with E-state index in [0.29, 0.717) is 6.04 Å². The van der Waals surface area contributed by atoms with Crippen molar-refractivity contribution in [2.24, 2.45) is 17.6 Å². The number of rotatable bonds is 3. The predicted octanol–water partition coefficient (Wildman–Crippen LogP) is 3.29. The van der Waals surface area contributed by atoms with Gasteiger partial charge in [-0.15, -0.1) is 0 Å². The van der Waals surface area contributed by atoms with Crippen LogP contribution in [0.5, 0.6) is 0 Å². The van der Waals surface area contributed by atoms with Crippen LogP contribution in [0.4, 0.5) is 0 Å². The number of nitrogens with two attached hydrogens (primary N) is 1. The Kier molecular flexibility index (Phi) is 2.88. The minimum Gasteiger partial charge on any atom is -0.329 e. The van der Waals surface area contributed by atoms with E-state index in [4.69, 9.17) is 5.73 Å². The van der Waals surface area contributed by atoms with Gasteiger partial charge in [-0.25, -0.2) is 4.98 Å². The van der Waals surface area contributed by atoms with Crippen molar-refractivity contribution >= 4 is 0 Å². The molecule has 4 atom stereocenters. The fourth-order valence-electron chi connectivity index (χ4n) is 4.22. The summed E-state index contributed by atoms with van der Waals surface area (Å²) in [6.07, 6.45) is 9.47. The second kappa shape index (κ2) is 4.74. The first-order valence-corrected chi connectivity index (χ1v) is 7.65. The van der Waals surface area contributed by atoms with Crippen molar-refractivity contribution in [2.75, 3.05) is 0 Å². The summed E-state index contributed by atoms with van der Waals surface area (Å²) < 4.78 is 2.36. The molecule has 2 N–H and O–H groups in total. The highest BCUT2D eigenvalue weighted by Crippen LogP contribution is 2.51. The second-order valence-corrected chi connectivity index (χ2v) is 6.36. The van der Waals surface area contributed by atoms with Gasteiger partial charge in [0.1, 0.15) is 0 Å². The average Bonchev–Trinajstić information content (AvgIpc) is 3.22. The maximum atomic E-state index is 6.47. The van der Waals surface area contributed by atoms with Crippen molar-refractivity contribution < 1.29 is 0 Å². The van der Waals surface area contributed by atoms with E-state index in [0.717, 1.165) is 23.1 Å². The fourth-order valence-corrected chi connectivity index (χ4v) is 4.22. The Labute approximate surface area is 119 Å². The maximum Gasteiger partial charge on any atom is 0.0951 e. The zero-order valence-corrected chi connectivity index (χ0v) is 11.7. The molecule has 2 bridgehead atoms. The van der Waals surface area contributed by atoms with Gasteiger partial charge in [0.15, 0.2) is 0 Å². The van der Waals surface area contributed by atoms with Crippen molar-refractivity contribution in [1.82, 2.24) is 9.55 Å². The third-order valence-electron chi connectivity index (χ3n) is 5.23. The van der Waals surface area contributed by atoms with Gasteiger partial charge < -0.3 is 10.3 Å². The molecule has 2 fully saturated rings. The molecule has 4 rings (SSSR count). The molecule has 2 aliphatic carbocycles. The van der Waals surface area contributed by atoms with Crippen molar-refractivity contribution in [3.63, 3.8) is 0 Å². The molecule has 104 valence electrons. The maximum absolute atomic E-state index is 6.47. The van der Waals surface area contributed by atoms with E-state index < -0.39 is 0 Å². The van der Waals surface area contributed by atoms with Gasteiger partial charge in [-0.1, -0.05) is 36.8 Å². The van der Waals surface area contributed by atoms with Crippen LogP contribution in [0, 0.1) is 11.8 Å². The molecule has 1 aromatic heterocycles. The van der Waals surface area contributed by atoms with Crippen LogP contribution in [0.15, 0.2) is 42.9 Å². The van der Waals surface area contributed by atoms with Crippen LogP contribution < -0.4 is 5.73 Å². The van der Waals surface area contributed by atoms with Crippen LogP contribution in [0.3, 0.4) is 0 Å². The molecular weight excluding hydrogens is 246 g/mol. The summed E-state index contributed by atoms with van der Waals surface area (Å²) >= 11 is 0. The first-order chi connectivity index (χ1) is 9.83. The van der Waals surface area contributed by atoms with Gasteiger partial charge in [-0.2, -0.15) is 0 Å². The fraction of sp³-hybridized carbons (Fsp3) is 0.471. The highest BCUT2D eigenvalue weighted by atomic mass is 15.1. The summed E-state index contributed by atoms with van der Waals surface area (Å²) in [6, 6.07) is 10.9. The van der Waals surface area contributed by atoms with Crippen LogP contribution in [-0.2, 0) is 0 Å². The van der Waals surface area contributed by atoms with Gasteiger partial charge in [0.05, 0.1) is 24.3 Å². The van der Waals surface area contributed by atoms with Crippen molar-refractivity contribution in [3.8, 4) is 0 Å². The Morgan fingerprint density at radius 3 is 2.70 bits per heavy atom. The molecule has 4 unspecified atom stereocenters. The lowest BCUT2D eigenvalue weighted by Crippen LogP contribution is -2.22. The molecule has 1 heterocycles. The van der Waals surface area contributed by atoms with Gasteiger partial charge in [0.25, 0.3) is 0 Å². The predicted molar refractivity (Wildman–Crippen MR) is 79.2 cm³/mol. The van der Waals surface area contributed by atoms with Gasteiger partial charge >= 0.3 is 0 Å². The molecule has 20 heavy (non-hydrogen) atoms.